The molecule has 0 aliphatic heterocycles. The van der Waals surface area contributed by atoms with E-state index < -0.39 is 21.4 Å². The Morgan fingerprint density at radius 2 is 1.95 bits per heavy atom. The molecule has 1 aromatic rings. The number of aliphatic hydroxyl groups is 1. The monoisotopic (exact) mass is 309 g/mol. The predicted molar refractivity (Wildman–Crippen MR) is 72.1 cm³/mol. The smallest absolute Gasteiger partial charge is 0.242 e. The van der Waals surface area contributed by atoms with Crippen molar-refractivity contribution in [3.63, 3.8) is 0 Å². The first-order valence-corrected chi connectivity index (χ1v) is 7.77. The lowest BCUT2D eigenvalue weighted by Crippen LogP contribution is -2.42. The van der Waals surface area contributed by atoms with Gasteiger partial charge in [0.15, 0.2) is 0 Å². The van der Waals surface area contributed by atoms with Crippen molar-refractivity contribution in [2.24, 2.45) is 0 Å². The lowest BCUT2D eigenvalue weighted by atomic mass is 9.98. The number of rotatable bonds is 6. The van der Waals surface area contributed by atoms with Crippen molar-refractivity contribution in [3.8, 4) is 0 Å². The zero-order valence-electron chi connectivity index (χ0n) is 10.8. The summed E-state index contributed by atoms with van der Waals surface area (Å²) in [5.41, 5.74) is -1.12. The third kappa shape index (κ3) is 4.14. The highest BCUT2D eigenvalue weighted by atomic mass is 35.5. The van der Waals surface area contributed by atoms with E-state index in [1.165, 1.54) is 6.07 Å². The first-order chi connectivity index (χ1) is 8.74. The zero-order chi connectivity index (χ0) is 14.7. The molecule has 0 spiro atoms. The second-order valence-corrected chi connectivity index (χ2v) is 6.47. The molecule has 1 rings (SSSR count). The van der Waals surface area contributed by atoms with Crippen molar-refractivity contribution in [3.05, 3.63) is 29.0 Å². The summed E-state index contributed by atoms with van der Waals surface area (Å²) in [6.45, 7) is 3.37. The molecular formula is C12H17ClFNO3S. The van der Waals surface area contributed by atoms with E-state index in [9.17, 15) is 17.9 Å². The minimum atomic E-state index is -3.95. The molecule has 4 nitrogen and oxygen atoms in total. The summed E-state index contributed by atoms with van der Waals surface area (Å²) in [4.78, 5) is -0.330. The first-order valence-electron chi connectivity index (χ1n) is 5.91. The minimum Gasteiger partial charge on any atom is -0.389 e. The van der Waals surface area contributed by atoms with Crippen molar-refractivity contribution in [1.29, 1.82) is 0 Å². The lowest BCUT2D eigenvalue weighted by molar-refractivity contribution is 0.0377. The van der Waals surface area contributed by atoms with Gasteiger partial charge in [-0.1, -0.05) is 25.4 Å². The highest BCUT2D eigenvalue weighted by molar-refractivity contribution is 7.89. The van der Waals surface area contributed by atoms with Crippen LogP contribution in [-0.2, 0) is 10.0 Å². The molecule has 0 saturated heterocycles. The van der Waals surface area contributed by atoms with Crippen LogP contribution in [0.1, 0.15) is 26.7 Å². The summed E-state index contributed by atoms with van der Waals surface area (Å²) in [7, 11) is -3.95. The maximum atomic E-state index is 13.1. The molecule has 0 aliphatic carbocycles. The van der Waals surface area contributed by atoms with Gasteiger partial charge >= 0.3 is 0 Å². The second-order valence-electron chi connectivity index (χ2n) is 4.33. The van der Waals surface area contributed by atoms with Crippen LogP contribution in [0.5, 0.6) is 0 Å². The SMILES string of the molecule is CCC(O)(CC)CNS(=O)(=O)c1cc(F)ccc1Cl. The normalized spacial score (nSPS) is 12.7. The van der Waals surface area contributed by atoms with E-state index >= 15 is 0 Å². The average Bonchev–Trinajstić information content (AvgIpc) is 2.39. The molecule has 19 heavy (non-hydrogen) atoms. The quantitative estimate of drug-likeness (QED) is 0.847. The number of nitrogens with one attached hydrogen (secondary N) is 1. The lowest BCUT2D eigenvalue weighted by Gasteiger charge is -2.25. The van der Waals surface area contributed by atoms with Gasteiger partial charge in [0.25, 0.3) is 0 Å². The molecule has 2 N–H and O–H groups in total. The van der Waals surface area contributed by atoms with Gasteiger partial charge < -0.3 is 5.11 Å². The van der Waals surface area contributed by atoms with Crippen LogP contribution in [0.15, 0.2) is 23.1 Å². The molecule has 0 amide bonds. The van der Waals surface area contributed by atoms with Crippen molar-refractivity contribution in [2.45, 2.75) is 37.2 Å². The van der Waals surface area contributed by atoms with Crippen LogP contribution in [0, 0.1) is 5.82 Å². The van der Waals surface area contributed by atoms with E-state index in [0.717, 1.165) is 12.1 Å². The molecule has 0 radical (unpaired) electrons. The summed E-state index contributed by atoms with van der Waals surface area (Å²) >= 11 is 5.75. The molecule has 108 valence electrons. The summed E-state index contributed by atoms with van der Waals surface area (Å²) < 4.78 is 39.4. The fourth-order valence-corrected chi connectivity index (χ4v) is 3.12. The third-order valence-corrected chi connectivity index (χ3v) is 4.97. The maximum Gasteiger partial charge on any atom is 0.242 e. The van der Waals surface area contributed by atoms with Crippen molar-refractivity contribution < 1.29 is 17.9 Å². The highest BCUT2D eigenvalue weighted by Crippen LogP contribution is 2.23. The molecular weight excluding hydrogens is 293 g/mol. The van der Waals surface area contributed by atoms with Crippen LogP contribution in [0.2, 0.25) is 5.02 Å². The minimum absolute atomic E-state index is 0.0644. The largest absolute Gasteiger partial charge is 0.389 e. The van der Waals surface area contributed by atoms with Gasteiger partial charge in [0.1, 0.15) is 10.7 Å². The molecule has 0 heterocycles. The standard InChI is InChI=1S/C12H17ClFNO3S/c1-3-12(16,4-2)8-15-19(17,18)11-7-9(14)5-6-10(11)13/h5-7,15-16H,3-4,8H2,1-2H3. The van der Waals surface area contributed by atoms with E-state index in [2.05, 4.69) is 4.72 Å². The number of sulfonamides is 1. The van der Waals surface area contributed by atoms with Crippen molar-refractivity contribution >= 4 is 21.6 Å². The fraction of sp³-hybridized carbons (Fsp3) is 0.500. The van der Waals surface area contributed by atoms with E-state index in [4.69, 9.17) is 11.6 Å². The Balaban J connectivity index is 2.96. The van der Waals surface area contributed by atoms with Crippen LogP contribution >= 0.6 is 11.6 Å². The number of hydrogen-bond acceptors (Lipinski definition) is 3. The number of benzene rings is 1. The number of halogens is 2. The van der Waals surface area contributed by atoms with Gasteiger partial charge in [-0.25, -0.2) is 17.5 Å². The van der Waals surface area contributed by atoms with Gasteiger partial charge in [0.05, 0.1) is 10.6 Å². The van der Waals surface area contributed by atoms with E-state index in [0.29, 0.717) is 12.8 Å². The molecule has 0 bridgehead atoms. The van der Waals surface area contributed by atoms with Crippen molar-refractivity contribution in [2.75, 3.05) is 6.54 Å². The topological polar surface area (TPSA) is 66.4 Å². The first kappa shape index (κ1) is 16.4. The van der Waals surface area contributed by atoms with Gasteiger partial charge in [0.2, 0.25) is 10.0 Å². The Labute approximate surface area is 117 Å². The van der Waals surface area contributed by atoms with Crippen molar-refractivity contribution in [1.82, 2.24) is 4.72 Å². The van der Waals surface area contributed by atoms with Gasteiger partial charge in [-0.15, -0.1) is 0 Å². The maximum absolute atomic E-state index is 13.1. The molecule has 1 aromatic carbocycles. The average molecular weight is 310 g/mol. The summed E-state index contributed by atoms with van der Waals surface area (Å²) in [5.74, 6) is -0.689. The fourth-order valence-electron chi connectivity index (χ4n) is 1.49. The summed E-state index contributed by atoms with van der Waals surface area (Å²) in [5, 5.41) is 9.96. The Morgan fingerprint density at radius 1 is 1.37 bits per heavy atom. The zero-order valence-corrected chi connectivity index (χ0v) is 12.4. The van der Waals surface area contributed by atoms with Crippen LogP contribution in [0.4, 0.5) is 4.39 Å². The second kappa shape index (κ2) is 6.17. The highest BCUT2D eigenvalue weighted by Gasteiger charge is 2.26. The van der Waals surface area contributed by atoms with E-state index in [-0.39, 0.29) is 16.5 Å². The van der Waals surface area contributed by atoms with Gasteiger partial charge in [-0.2, -0.15) is 0 Å². The van der Waals surface area contributed by atoms with Gasteiger partial charge in [0, 0.05) is 6.54 Å². The summed E-state index contributed by atoms with van der Waals surface area (Å²) in [6.07, 6.45) is 0.811. The van der Waals surface area contributed by atoms with Crippen LogP contribution in [0.3, 0.4) is 0 Å². The Hall–Kier alpha value is -0.690. The van der Waals surface area contributed by atoms with E-state index in [1.54, 1.807) is 13.8 Å². The molecule has 0 unspecified atom stereocenters. The summed E-state index contributed by atoms with van der Waals surface area (Å²) in [6, 6.07) is 3.11. The van der Waals surface area contributed by atoms with Crippen LogP contribution < -0.4 is 4.72 Å². The van der Waals surface area contributed by atoms with Crippen LogP contribution in [-0.4, -0.2) is 25.7 Å². The predicted octanol–water partition coefficient (Wildman–Crippen LogP) is 2.31. The van der Waals surface area contributed by atoms with Gasteiger partial charge in [-0.3, -0.25) is 0 Å². The molecule has 0 aliphatic rings. The molecule has 0 aromatic heterocycles. The third-order valence-electron chi connectivity index (χ3n) is 3.09. The van der Waals surface area contributed by atoms with Gasteiger partial charge in [-0.05, 0) is 31.0 Å². The van der Waals surface area contributed by atoms with Crippen LogP contribution in [0.25, 0.3) is 0 Å². The Morgan fingerprint density at radius 3 is 2.47 bits per heavy atom. The molecule has 7 heteroatoms. The molecule has 0 atom stereocenters. The molecule has 0 saturated carbocycles. The Bertz CT molecular complexity index is 544. The molecule has 0 fully saturated rings. The number of hydrogen-bond donors (Lipinski definition) is 2. The van der Waals surface area contributed by atoms with E-state index in [1.807, 2.05) is 0 Å². The Kier molecular flexibility index (Phi) is 5.32.